The van der Waals surface area contributed by atoms with Crippen LogP contribution < -0.4 is 11.0 Å². The van der Waals surface area contributed by atoms with Crippen molar-refractivity contribution in [3.63, 3.8) is 0 Å². The summed E-state index contributed by atoms with van der Waals surface area (Å²) >= 11 is 0. The number of carbonyl (C=O) groups excluding carboxylic acids is 1. The highest BCUT2D eigenvalue weighted by atomic mass is 19.1. The molecule has 0 fully saturated rings. The monoisotopic (exact) mass is 379 g/mol. The predicted octanol–water partition coefficient (Wildman–Crippen LogP) is 2.95. The van der Waals surface area contributed by atoms with Crippen LogP contribution in [0.1, 0.15) is 25.3 Å². The zero-order valence-corrected chi connectivity index (χ0v) is 15.4. The lowest BCUT2D eigenvalue weighted by molar-refractivity contribution is -0.117. The molecule has 0 aliphatic carbocycles. The molecule has 0 saturated carbocycles. The number of amides is 1. The van der Waals surface area contributed by atoms with Gasteiger partial charge in [0.15, 0.2) is 5.65 Å². The van der Waals surface area contributed by atoms with Crippen LogP contribution in [0.3, 0.4) is 0 Å². The number of hydrogen-bond acceptors (Lipinski definition) is 4. The van der Waals surface area contributed by atoms with E-state index in [4.69, 9.17) is 0 Å². The van der Waals surface area contributed by atoms with Gasteiger partial charge in [-0.3, -0.25) is 4.79 Å². The van der Waals surface area contributed by atoms with Crippen molar-refractivity contribution in [3.05, 3.63) is 70.7 Å². The second-order valence-corrected chi connectivity index (χ2v) is 6.86. The molecule has 0 spiro atoms. The summed E-state index contributed by atoms with van der Waals surface area (Å²) in [6, 6.07) is 11.6. The molecule has 8 heteroatoms. The maximum absolute atomic E-state index is 13.4. The first-order chi connectivity index (χ1) is 13.4. The quantitative estimate of drug-likeness (QED) is 0.591. The number of carbonyl (C=O) groups is 1. The molecule has 4 rings (SSSR count). The minimum absolute atomic E-state index is 0.241. The first kappa shape index (κ1) is 17.8. The zero-order chi connectivity index (χ0) is 19.8. The zero-order valence-electron chi connectivity index (χ0n) is 15.4. The van der Waals surface area contributed by atoms with Gasteiger partial charge < -0.3 is 5.32 Å². The van der Waals surface area contributed by atoms with Gasteiger partial charge in [-0.25, -0.2) is 23.3 Å². The minimum Gasteiger partial charge on any atom is -0.324 e. The van der Waals surface area contributed by atoms with Crippen LogP contribution in [0.4, 0.5) is 10.1 Å². The lowest BCUT2D eigenvalue weighted by Crippen LogP contribution is -2.28. The van der Waals surface area contributed by atoms with E-state index >= 15 is 0 Å². The fourth-order valence-electron chi connectivity index (χ4n) is 3.02. The topological polar surface area (TPSA) is 81.3 Å². The van der Waals surface area contributed by atoms with Gasteiger partial charge in [-0.2, -0.15) is 0 Å². The number of hydrogen-bond donors (Lipinski definition) is 1. The van der Waals surface area contributed by atoms with Gasteiger partial charge in [-0.1, -0.05) is 26.0 Å². The molecule has 0 radical (unpaired) electrons. The van der Waals surface area contributed by atoms with E-state index in [-0.39, 0.29) is 12.5 Å². The number of nitrogens with zero attached hydrogens (tertiary/aromatic N) is 4. The first-order valence-corrected chi connectivity index (χ1v) is 8.85. The molecule has 0 atom stereocenters. The lowest BCUT2D eigenvalue weighted by atomic mass is 10.0. The van der Waals surface area contributed by atoms with Gasteiger partial charge in [0.2, 0.25) is 5.91 Å². The summed E-state index contributed by atoms with van der Waals surface area (Å²) in [6.07, 6.45) is 1.28. The number of benzene rings is 2. The van der Waals surface area contributed by atoms with E-state index in [9.17, 15) is 14.0 Å². The molecule has 0 saturated heterocycles. The van der Waals surface area contributed by atoms with Gasteiger partial charge in [0, 0.05) is 17.1 Å². The Hall–Kier alpha value is -3.55. The van der Waals surface area contributed by atoms with E-state index < -0.39 is 11.5 Å². The number of fused-ring (bicyclic) bond motifs is 3. The number of nitrogens with one attached hydrogen (secondary N) is 1. The van der Waals surface area contributed by atoms with Crippen LogP contribution >= 0.6 is 0 Å². The second-order valence-electron chi connectivity index (χ2n) is 6.86. The molecule has 2 heterocycles. The smallest absolute Gasteiger partial charge is 0.324 e. The van der Waals surface area contributed by atoms with E-state index in [2.05, 4.69) is 29.2 Å². The minimum atomic E-state index is -0.487. The van der Waals surface area contributed by atoms with Crippen molar-refractivity contribution in [2.45, 2.75) is 26.3 Å². The van der Waals surface area contributed by atoms with Gasteiger partial charge in [-0.15, -0.1) is 5.10 Å². The van der Waals surface area contributed by atoms with Crippen molar-refractivity contribution >= 4 is 28.1 Å². The molecule has 0 aliphatic heterocycles. The average molecular weight is 379 g/mol. The van der Waals surface area contributed by atoms with Crippen LogP contribution in [-0.4, -0.2) is 25.1 Å². The Balaban J connectivity index is 1.60. The molecule has 0 unspecified atom stereocenters. The van der Waals surface area contributed by atoms with Gasteiger partial charge >= 0.3 is 5.69 Å². The number of rotatable bonds is 4. The molecule has 4 aromatic rings. The Labute approximate surface area is 159 Å². The third kappa shape index (κ3) is 3.24. The summed E-state index contributed by atoms with van der Waals surface area (Å²) in [4.78, 5) is 29.0. The fraction of sp³-hybridized carbons (Fsp3) is 0.200. The highest BCUT2D eigenvalue weighted by Crippen LogP contribution is 2.18. The highest BCUT2D eigenvalue weighted by Gasteiger charge is 2.14. The molecule has 1 amide bonds. The van der Waals surface area contributed by atoms with Crippen LogP contribution in [-0.2, 0) is 11.3 Å². The van der Waals surface area contributed by atoms with Crippen molar-refractivity contribution in [1.29, 1.82) is 0 Å². The van der Waals surface area contributed by atoms with Crippen molar-refractivity contribution < 1.29 is 9.18 Å². The predicted molar refractivity (Wildman–Crippen MR) is 104 cm³/mol. The van der Waals surface area contributed by atoms with Crippen LogP contribution in [0.5, 0.6) is 0 Å². The average Bonchev–Trinajstić information content (AvgIpc) is 2.97. The van der Waals surface area contributed by atoms with E-state index in [1.807, 2.05) is 24.3 Å². The molecule has 2 aromatic carbocycles. The fourth-order valence-corrected chi connectivity index (χ4v) is 3.02. The molecule has 28 heavy (non-hydrogen) atoms. The summed E-state index contributed by atoms with van der Waals surface area (Å²) in [6.45, 7) is 3.95. The van der Waals surface area contributed by atoms with E-state index in [0.717, 1.165) is 4.68 Å². The molecule has 7 nitrogen and oxygen atoms in total. The van der Waals surface area contributed by atoms with Crippen molar-refractivity contribution in [2.24, 2.45) is 0 Å². The maximum atomic E-state index is 13.4. The summed E-state index contributed by atoms with van der Waals surface area (Å²) in [5.41, 5.74) is 2.04. The second kappa shape index (κ2) is 6.88. The van der Waals surface area contributed by atoms with Gasteiger partial charge in [0.05, 0.1) is 5.52 Å². The Morgan fingerprint density at radius 3 is 2.64 bits per heavy atom. The summed E-state index contributed by atoms with van der Waals surface area (Å²) in [5, 5.41) is 7.52. The summed E-state index contributed by atoms with van der Waals surface area (Å²) in [7, 11) is 0. The molecule has 2 aromatic heterocycles. The van der Waals surface area contributed by atoms with E-state index in [1.54, 1.807) is 0 Å². The Kier molecular flexibility index (Phi) is 4.38. The lowest BCUT2D eigenvalue weighted by Gasteiger charge is -2.08. The summed E-state index contributed by atoms with van der Waals surface area (Å²) < 4.78 is 15.7. The highest BCUT2D eigenvalue weighted by molar-refractivity contribution is 5.92. The van der Waals surface area contributed by atoms with E-state index in [1.165, 1.54) is 34.5 Å². The van der Waals surface area contributed by atoms with Gasteiger partial charge in [-0.05, 0) is 35.7 Å². The van der Waals surface area contributed by atoms with Gasteiger partial charge in [0.25, 0.3) is 0 Å². The van der Waals surface area contributed by atoms with Crippen LogP contribution in [0.2, 0.25) is 0 Å². The number of halogens is 1. The Morgan fingerprint density at radius 2 is 1.93 bits per heavy atom. The molecule has 0 bridgehead atoms. The van der Waals surface area contributed by atoms with Crippen molar-refractivity contribution in [2.75, 3.05) is 5.32 Å². The largest absolute Gasteiger partial charge is 0.352 e. The van der Waals surface area contributed by atoms with E-state index in [0.29, 0.717) is 28.2 Å². The normalized spacial score (nSPS) is 11.4. The number of aromatic nitrogens is 4. The third-order valence-corrected chi connectivity index (χ3v) is 4.54. The third-order valence-electron chi connectivity index (χ3n) is 4.54. The van der Waals surface area contributed by atoms with Crippen molar-refractivity contribution in [1.82, 2.24) is 19.2 Å². The van der Waals surface area contributed by atoms with Gasteiger partial charge in [0.1, 0.15) is 18.7 Å². The Bertz CT molecular complexity index is 1240. The molecule has 1 N–H and O–H groups in total. The van der Waals surface area contributed by atoms with Crippen molar-refractivity contribution in [3.8, 4) is 0 Å². The first-order valence-electron chi connectivity index (χ1n) is 8.85. The van der Waals surface area contributed by atoms with Crippen LogP contribution in [0.15, 0.2) is 53.6 Å². The number of anilines is 1. The standard InChI is InChI=1S/C20H18FN5O2/c1-12(2)13-3-6-15(7-4-13)23-18(27)10-26-20(28)25-11-22-17-9-14(21)5-8-16(17)19(25)24-26/h3-9,11-12H,10H2,1-2H3,(H,23,27). The summed E-state index contributed by atoms with van der Waals surface area (Å²) in [5.74, 6) is -0.390. The molecular formula is C20H18FN5O2. The molecular weight excluding hydrogens is 361 g/mol. The SMILES string of the molecule is CC(C)c1ccc(NC(=O)Cn2nc3c4ccc(F)cc4ncn3c2=O)cc1. The van der Waals surface area contributed by atoms with Crippen LogP contribution in [0.25, 0.3) is 16.6 Å². The molecule has 0 aliphatic rings. The van der Waals surface area contributed by atoms with Crippen LogP contribution in [0, 0.1) is 5.82 Å². The Morgan fingerprint density at radius 1 is 1.18 bits per heavy atom. The maximum Gasteiger partial charge on any atom is 0.352 e. The molecule has 142 valence electrons.